The van der Waals surface area contributed by atoms with Crippen molar-refractivity contribution in [3.63, 3.8) is 0 Å². The van der Waals surface area contributed by atoms with Crippen molar-refractivity contribution in [2.75, 3.05) is 29.9 Å². The van der Waals surface area contributed by atoms with Crippen LogP contribution in [0.1, 0.15) is 29.8 Å². The second kappa shape index (κ2) is 9.38. The maximum absolute atomic E-state index is 12.1. The van der Waals surface area contributed by atoms with Gasteiger partial charge in [0.1, 0.15) is 0 Å². The summed E-state index contributed by atoms with van der Waals surface area (Å²) in [5, 5.41) is 2.71. The fourth-order valence-electron chi connectivity index (χ4n) is 2.52. The highest BCUT2D eigenvalue weighted by atomic mass is 79.9. The minimum Gasteiger partial charge on any atom is -0.452 e. The van der Waals surface area contributed by atoms with Crippen LogP contribution in [0.2, 0.25) is 0 Å². The first kappa shape index (κ1) is 20.0. The van der Waals surface area contributed by atoms with Gasteiger partial charge in [0.05, 0.1) is 11.3 Å². The van der Waals surface area contributed by atoms with Crippen LogP contribution in [0, 0.1) is 6.92 Å². The Bertz CT molecular complexity index is 771. The maximum Gasteiger partial charge on any atom is 0.338 e. The van der Waals surface area contributed by atoms with E-state index in [0.29, 0.717) is 11.3 Å². The van der Waals surface area contributed by atoms with Crippen molar-refractivity contribution in [1.82, 2.24) is 0 Å². The number of halogens is 1. The van der Waals surface area contributed by atoms with Crippen LogP contribution in [-0.2, 0) is 9.53 Å². The van der Waals surface area contributed by atoms with Gasteiger partial charge < -0.3 is 15.0 Å². The molecule has 1 amide bonds. The van der Waals surface area contributed by atoms with Crippen LogP contribution in [0.25, 0.3) is 0 Å². The lowest BCUT2D eigenvalue weighted by molar-refractivity contribution is -0.119. The molecule has 2 aromatic rings. The molecule has 0 atom stereocenters. The number of carbonyl (C=O) groups excluding carboxylic acids is 2. The van der Waals surface area contributed by atoms with Gasteiger partial charge in [-0.3, -0.25) is 4.79 Å². The zero-order valence-corrected chi connectivity index (χ0v) is 16.8. The van der Waals surface area contributed by atoms with Gasteiger partial charge in [-0.05, 0) is 78.7 Å². The summed E-state index contributed by atoms with van der Waals surface area (Å²) < 4.78 is 5.88. The molecule has 2 aromatic carbocycles. The van der Waals surface area contributed by atoms with Crippen molar-refractivity contribution in [3.8, 4) is 0 Å². The number of aryl methyl sites for hydroxylation is 1. The lowest BCUT2D eigenvalue weighted by Crippen LogP contribution is -2.22. The molecule has 0 saturated carbocycles. The maximum atomic E-state index is 12.1. The number of rotatable bonds is 7. The van der Waals surface area contributed by atoms with E-state index in [1.165, 1.54) is 0 Å². The molecular formula is C20H23BrN2O3. The summed E-state index contributed by atoms with van der Waals surface area (Å²) in [6, 6.07) is 12.8. The monoisotopic (exact) mass is 418 g/mol. The molecule has 2 rings (SSSR count). The van der Waals surface area contributed by atoms with E-state index in [1.54, 1.807) is 18.2 Å². The summed E-state index contributed by atoms with van der Waals surface area (Å²) >= 11 is 3.40. The van der Waals surface area contributed by atoms with E-state index in [2.05, 4.69) is 40.0 Å². The van der Waals surface area contributed by atoms with E-state index in [1.807, 2.05) is 31.2 Å². The highest BCUT2D eigenvalue weighted by Crippen LogP contribution is 2.23. The highest BCUT2D eigenvalue weighted by Gasteiger charge is 2.12. The Morgan fingerprint density at radius 2 is 1.73 bits per heavy atom. The molecule has 0 bridgehead atoms. The summed E-state index contributed by atoms with van der Waals surface area (Å²) in [5.41, 5.74) is 3.19. The van der Waals surface area contributed by atoms with Crippen LogP contribution in [0.5, 0.6) is 0 Å². The van der Waals surface area contributed by atoms with Crippen molar-refractivity contribution in [3.05, 3.63) is 58.1 Å². The third-order valence-electron chi connectivity index (χ3n) is 3.96. The number of hydrogen-bond acceptors (Lipinski definition) is 4. The Balaban J connectivity index is 1.90. The molecule has 0 aliphatic carbocycles. The van der Waals surface area contributed by atoms with Crippen LogP contribution in [0.3, 0.4) is 0 Å². The van der Waals surface area contributed by atoms with E-state index >= 15 is 0 Å². The zero-order chi connectivity index (χ0) is 19.1. The van der Waals surface area contributed by atoms with Gasteiger partial charge in [-0.25, -0.2) is 4.79 Å². The lowest BCUT2D eigenvalue weighted by Gasteiger charge is -2.20. The van der Waals surface area contributed by atoms with E-state index < -0.39 is 5.97 Å². The van der Waals surface area contributed by atoms with E-state index in [-0.39, 0.29) is 12.5 Å². The number of esters is 1. The molecular weight excluding hydrogens is 396 g/mol. The van der Waals surface area contributed by atoms with Gasteiger partial charge in [-0.2, -0.15) is 0 Å². The number of hydrogen-bond donors (Lipinski definition) is 1. The van der Waals surface area contributed by atoms with Crippen molar-refractivity contribution >= 4 is 39.2 Å². The predicted molar refractivity (Wildman–Crippen MR) is 108 cm³/mol. The molecule has 5 nitrogen and oxygen atoms in total. The van der Waals surface area contributed by atoms with Gasteiger partial charge in [0.2, 0.25) is 0 Å². The van der Waals surface area contributed by atoms with Crippen LogP contribution in [0.15, 0.2) is 46.9 Å². The Kier molecular flexibility index (Phi) is 7.21. The summed E-state index contributed by atoms with van der Waals surface area (Å²) in [5.74, 6) is -0.906. The molecule has 0 fully saturated rings. The molecule has 6 heteroatoms. The number of nitrogens with zero attached hydrogens (tertiary/aromatic N) is 1. The van der Waals surface area contributed by atoms with Crippen molar-refractivity contribution in [1.29, 1.82) is 0 Å². The minimum absolute atomic E-state index is 0.336. The first-order chi connectivity index (χ1) is 12.4. The van der Waals surface area contributed by atoms with E-state index in [0.717, 1.165) is 28.8 Å². The molecule has 0 unspecified atom stereocenters. The Morgan fingerprint density at radius 3 is 2.31 bits per heavy atom. The SMILES string of the molecule is CCN(CC)c1ccc(C(=O)OCC(=O)Nc2ccc(C)cc2Br)cc1. The molecule has 26 heavy (non-hydrogen) atoms. The summed E-state index contributed by atoms with van der Waals surface area (Å²) in [4.78, 5) is 26.3. The third kappa shape index (κ3) is 5.33. The quantitative estimate of drug-likeness (QED) is 0.676. The second-order valence-corrected chi connectivity index (χ2v) is 6.68. The van der Waals surface area contributed by atoms with Gasteiger partial charge in [0.25, 0.3) is 5.91 Å². The first-order valence-corrected chi connectivity index (χ1v) is 9.32. The number of carbonyl (C=O) groups is 2. The molecule has 0 spiro atoms. The topological polar surface area (TPSA) is 58.6 Å². The van der Waals surface area contributed by atoms with Gasteiger partial charge in [0, 0.05) is 23.2 Å². The molecule has 0 aliphatic rings. The van der Waals surface area contributed by atoms with Crippen LogP contribution >= 0.6 is 15.9 Å². The predicted octanol–water partition coefficient (Wildman–Crippen LogP) is 4.40. The molecule has 0 aliphatic heterocycles. The normalized spacial score (nSPS) is 10.3. The Morgan fingerprint density at radius 1 is 1.08 bits per heavy atom. The molecule has 1 N–H and O–H groups in total. The van der Waals surface area contributed by atoms with Crippen molar-refractivity contribution in [2.24, 2.45) is 0 Å². The summed E-state index contributed by atoms with van der Waals surface area (Å²) in [6.45, 7) is 7.58. The molecule has 138 valence electrons. The standard InChI is InChI=1S/C20H23BrN2O3/c1-4-23(5-2)16-9-7-15(8-10-16)20(25)26-13-19(24)22-18-11-6-14(3)12-17(18)21/h6-12H,4-5,13H2,1-3H3,(H,22,24). The summed E-state index contributed by atoms with van der Waals surface area (Å²) in [6.07, 6.45) is 0. The smallest absolute Gasteiger partial charge is 0.338 e. The largest absolute Gasteiger partial charge is 0.452 e. The lowest BCUT2D eigenvalue weighted by atomic mass is 10.2. The zero-order valence-electron chi connectivity index (χ0n) is 15.2. The average Bonchev–Trinajstić information content (AvgIpc) is 2.63. The van der Waals surface area contributed by atoms with Crippen LogP contribution < -0.4 is 10.2 Å². The van der Waals surface area contributed by atoms with Crippen molar-refractivity contribution in [2.45, 2.75) is 20.8 Å². The third-order valence-corrected chi connectivity index (χ3v) is 4.62. The van der Waals surface area contributed by atoms with Crippen LogP contribution in [0.4, 0.5) is 11.4 Å². The van der Waals surface area contributed by atoms with E-state index in [9.17, 15) is 9.59 Å². The van der Waals surface area contributed by atoms with Gasteiger partial charge in [-0.1, -0.05) is 6.07 Å². The van der Waals surface area contributed by atoms with Crippen molar-refractivity contribution < 1.29 is 14.3 Å². The fraction of sp³-hybridized carbons (Fsp3) is 0.300. The molecule has 0 saturated heterocycles. The highest BCUT2D eigenvalue weighted by molar-refractivity contribution is 9.10. The second-order valence-electron chi connectivity index (χ2n) is 5.83. The minimum atomic E-state index is -0.519. The Labute approximate surface area is 162 Å². The molecule has 0 radical (unpaired) electrons. The summed E-state index contributed by atoms with van der Waals surface area (Å²) in [7, 11) is 0. The first-order valence-electron chi connectivity index (χ1n) is 8.52. The molecule has 0 heterocycles. The molecule has 0 aromatic heterocycles. The average molecular weight is 419 g/mol. The Hall–Kier alpha value is -2.34. The van der Waals surface area contributed by atoms with Gasteiger partial charge >= 0.3 is 5.97 Å². The number of ether oxygens (including phenoxy) is 1. The van der Waals surface area contributed by atoms with Crippen LogP contribution in [-0.4, -0.2) is 31.6 Å². The van der Waals surface area contributed by atoms with Gasteiger partial charge in [-0.15, -0.1) is 0 Å². The number of benzene rings is 2. The van der Waals surface area contributed by atoms with E-state index in [4.69, 9.17) is 4.74 Å². The fourth-order valence-corrected chi connectivity index (χ4v) is 3.11. The number of anilines is 2. The number of amides is 1. The number of nitrogens with one attached hydrogen (secondary N) is 1. The van der Waals surface area contributed by atoms with Gasteiger partial charge in [0.15, 0.2) is 6.61 Å².